The quantitative estimate of drug-likeness (QED) is 0.405. The molecule has 0 amide bonds. The van der Waals surface area contributed by atoms with Crippen molar-refractivity contribution in [1.82, 2.24) is 0 Å². The van der Waals surface area contributed by atoms with Crippen LogP contribution in [-0.4, -0.2) is 64.6 Å². The SMILES string of the molecule is Cc1ccc([C@]2(O)O[C@H](CO)[C@@H](O)[C@H](O)[C@H]2O)cc1Cc1ccc(CC[Si](C)(C)C)cc1. The van der Waals surface area contributed by atoms with Gasteiger partial charge >= 0.3 is 0 Å². The summed E-state index contributed by atoms with van der Waals surface area (Å²) in [5, 5.41) is 51.2. The first-order valence-electron chi connectivity index (χ1n) is 11.2. The van der Waals surface area contributed by atoms with Crippen molar-refractivity contribution in [1.29, 1.82) is 0 Å². The molecule has 0 unspecified atom stereocenters. The fourth-order valence-corrected chi connectivity index (χ4v) is 5.08. The molecule has 6 nitrogen and oxygen atoms in total. The van der Waals surface area contributed by atoms with Crippen LogP contribution in [0.4, 0.5) is 0 Å². The largest absolute Gasteiger partial charge is 0.394 e. The second kappa shape index (κ2) is 9.73. The van der Waals surface area contributed by atoms with E-state index in [-0.39, 0.29) is 5.56 Å². The zero-order chi connectivity index (χ0) is 23.7. The molecule has 1 aliphatic heterocycles. The summed E-state index contributed by atoms with van der Waals surface area (Å²) >= 11 is 0. The van der Waals surface area contributed by atoms with Crippen LogP contribution in [0.2, 0.25) is 25.7 Å². The Morgan fingerprint density at radius 2 is 1.56 bits per heavy atom. The summed E-state index contributed by atoms with van der Waals surface area (Å²) in [6, 6.07) is 15.0. The Morgan fingerprint density at radius 3 is 2.16 bits per heavy atom. The molecule has 5 N–H and O–H groups in total. The molecule has 1 fully saturated rings. The molecular formula is C25H36O6Si. The number of ether oxygens (including phenoxy) is 1. The van der Waals surface area contributed by atoms with E-state index < -0.39 is 44.9 Å². The lowest BCUT2D eigenvalue weighted by Gasteiger charge is -2.45. The number of hydrogen-bond acceptors (Lipinski definition) is 6. The molecule has 0 saturated carbocycles. The van der Waals surface area contributed by atoms with Gasteiger partial charge in [-0.05, 0) is 48.1 Å². The van der Waals surface area contributed by atoms with Crippen molar-refractivity contribution in [2.24, 2.45) is 0 Å². The van der Waals surface area contributed by atoms with Gasteiger partial charge in [0.15, 0.2) is 0 Å². The minimum Gasteiger partial charge on any atom is -0.394 e. The maximum Gasteiger partial charge on any atom is 0.222 e. The molecule has 0 aromatic heterocycles. The Kier molecular flexibility index (Phi) is 7.61. The first-order valence-corrected chi connectivity index (χ1v) is 14.9. The summed E-state index contributed by atoms with van der Waals surface area (Å²) in [7, 11) is -1.08. The van der Waals surface area contributed by atoms with Crippen LogP contribution in [0.15, 0.2) is 42.5 Å². The third-order valence-electron chi connectivity index (χ3n) is 6.31. The first-order chi connectivity index (χ1) is 14.9. The maximum absolute atomic E-state index is 11.1. The second-order valence-corrected chi connectivity index (χ2v) is 15.8. The van der Waals surface area contributed by atoms with Crippen LogP contribution in [0.5, 0.6) is 0 Å². The average molecular weight is 461 g/mol. The number of aryl methyl sites for hydroxylation is 2. The summed E-state index contributed by atoms with van der Waals surface area (Å²) in [6.07, 6.45) is -4.41. The van der Waals surface area contributed by atoms with Crippen molar-refractivity contribution in [3.8, 4) is 0 Å². The van der Waals surface area contributed by atoms with Gasteiger partial charge in [0.1, 0.15) is 24.4 Å². The molecule has 5 atom stereocenters. The van der Waals surface area contributed by atoms with E-state index in [1.165, 1.54) is 11.6 Å². The summed E-state index contributed by atoms with van der Waals surface area (Å²) in [5.41, 5.74) is 4.69. The summed E-state index contributed by atoms with van der Waals surface area (Å²) in [4.78, 5) is 0. The fraction of sp³-hybridized carbons (Fsp3) is 0.520. The van der Waals surface area contributed by atoms with Gasteiger partial charge in [0.2, 0.25) is 5.79 Å². The van der Waals surface area contributed by atoms with Gasteiger partial charge in [-0.3, -0.25) is 0 Å². The molecule has 0 bridgehead atoms. The molecular weight excluding hydrogens is 424 g/mol. The minimum atomic E-state index is -2.24. The van der Waals surface area contributed by atoms with Gasteiger partial charge in [-0.15, -0.1) is 0 Å². The Labute approximate surface area is 191 Å². The van der Waals surface area contributed by atoms with E-state index in [0.29, 0.717) is 6.42 Å². The van der Waals surface area contributed by atoms with Crippen molar-refractivity contribution in [2.75, 3.05) is 6.61 Å². The van der Waals surface area contributed by atoms with E-state index in [1.807, 2.05) is 13.0 Å². The molecule has 32 heavy (non-hydrogen) atoms. The Morgan fingerprint density at radius 1 is 0.938 bits per heavy atom. The monoisotopic (exact) mass is 460 g/mol. The van der Waals surface area contributed by atoms with E-state index in [9.17, 15) is 25.5 Å². The van der Waals surface area contributed by atoms with Crippen molar-refractivity contribution in [2.45, 2.75) is 75.7 Å². The smallest absolute Gasteiger partial charge is 0.222 e. The topological polar surface area (TPSA) is 110 Å². The van der Waals surface area contributed by atoms with Crippen LogP contribution in [-0.2, 0) is 23.4 Å². The van der Waals surface area contributed by atoms with Gasteiger partial charge in [0.05, 0.1) is 6.61 Å². The summed E-state index contributed by atoms with van der Waals surface area (Å²) in [6.45, 7) is 8.50. The van der Waals surface area contributed by atoms with Gasteiger partial charge in [0, 0.05) is 13.6 Å². The normalized spacial score (nSPS) is 28.7. The standard InChI is InChI=1S/C25H36O6Si/c1-16-5-10-20(25(30)24(29)23(28)22(27)21(15-26)31-25)14-19(16)13-18-8-6-17(7-9-18)11-12-32(2,3)4/h5-10,14,21-24,26-30H,11-13,15H2,1-4H3/t21-,22-,23+,24-,25+/m1/s1. The molecule has 1 aliphatic rings. The number of benzene rings is 2. The highest BCUT2D eigenvalue weighted by Gasteiger charge is 2.53. The second-order valence-electron chi connectivity index (χ2n) is 10.2. The zero-order valence-corrected chi connectivity index (χ0v) is 20.3. The van der Waals surface area contributed by atoms with Crippen LogP contribution >= 0.6 is 0 Å². The van der Waals surface area contributed by atoms with E-state index in [0.717, 1.165) is 23.1 Å². The lowest BCUT2D eigenvalue weighted by atomic mass is 9.86. The van der Waals surface area contributed by atoms with E-state index >= 15 is 0 Å². The predicted octanol–water partition coefficient (Wildman–Crippen LogP) is 2.09. The molecule has 1 saturated heterocycles. The van der Waals surface area contributed by atoms with Gasteiger partial charge in [-0.2, -0.15) is 0 Å². The minimum absolute atomic E-state index is 0.266. The molecule has 3 rings (SSSR count). The van der Waals surface area contributed by atoms with Crippen molar-refractivity contribution < 1.29 is 30.3 Å². The summed E-state index contributed by atoms with van der Waals surface area (Å²) in [5.74, 6) is -2.24. The molecule has 1 heterocycles. The van der Waals surface area contributed by atoms with Gasteiger partial charge in [0.25, 0.3) is 0 Å². The van der Waals surface area contributed by atoms with E-state index in [1.54, 1.807) is 12.1 Å². The highest BCUT2D eigenvalue weighted by atomic mass is 28.3. The Hall–Kier alpha value is -1.58. The van der Waals surface area contributed by atoms with E-state index in [4.69, 9.17) is 4.74 Å². The van der Waals surface area contributed by atoms with Crippen LogP contribution in [0.25, 0.3) is 0 Å². The zero-order valence-electron chi connectivity index (χ0n) is 19.3. The van der Waals surface area contributed by atoms with Crippen LogP contribution < -0.4 is 0 Å². The molecule has 7 heteroatoms. The lowest BCUT2D eigenvalue weighted by molar-refractivity contribution is -0.357. The van der Waals surface area contributed by atoms with Gasteiger partial charge in [-0.25, -0.2) is 0 Å². The van der Waals surface area contributed by atoms with Crippen molar-refractivity contribution >= 4 is 8.07 Å². The number of aliphatic hydroxyl groups excluding tert-OH is 4. The van der Waals surface area contributed by atoms with Crippen LogP contribution in [0.3, 0.4) is 0 Å². The molecule has 2 aromatic carbocycles. The fourth-order valence-electron chi connectivity index (χ4n) is 4.04. The number of hydrogen-bond donors (Lipinski definition) is 5. The van der Waals surface area contributed by atoms with Crippen molar-refractivity contribution in [3.63, 3.8) is 0 Å². The maximum atomic E-state index is 11.1. The third-order valence-corrected chi connectivity index (χ3v) is 8.06. The molecule has 176 valence electrons. The number of rotatable bonds is 7. The summed E-state index contributed by atoms with van der Waals surface area (Å²) < 4.78 is 5.47. The highest BCUT2D eigenvalue weighted by molar-refractivity contribution is 6.76. The van der Waals surface area contributed by atoms with Gasteiger partial charge in [-0.1, -0.05) is 62.1 Å². The molecule has 2 aromatic rings. The predicted molar refractivity (Wildman–Crippen MR) is 126 cm³/mol. The Balaban J connectivity index is 1.81. The highest BCUT2D eigenvalue weighted by Crippen LogP contribution is 2.37. The first kappa shape index (κ1) is 25.0. The lowest BCUT2D eigenvalue weighted by Crippen LogP contribution is -2.63. The van der Waals surface area contributed by atoms with Crippen LogP contribution in [0, 0.1) is 6.92 Å². The van der Waals surface area contributed by atoms with Crippen LogP contribution in [0.1, 0.15) is 27.8 Å². The van der Waals surface area contributed by atoms with E-state index in [2.05, 4.69) is 43.9 Å². The molecule has 0 spiro atoms. The average Bonchev–Trinajstić information content (AvgIpc) is 2.75. The Bertz CT molecular complexity index is 908. The number of aliphatic hydroxyl groups is 5. The van der Waals surface area contributed by atoms with Crippen molar-refractivity contribution in [3.05, 3.63) is 70.3 Å². The molecule has 0 radical (unpaired) electrons. The third kappa shape index (κ3) is 5.48. The molecule has 0 aliphatic carbocycles. The van der Waals surface area contributed by atoms with Gasteiger partial charge < -0.3 is 30.3 Å².